The Labute approximate surface area is 163 Å². The van der Waals surface area contributed by atoms with Gasteiger partial charge in [0.25, 0.3) is 0 Å². The number of para-hydroxylation sites is 1. The molecule has 28 heavy (non-hydrogen) atoms. The lowest BCUT2D eigenvalue weighted by Crippen LogP contribution is -2.15. The predicted octanol–water partition coefficient (Wildman–Crippen LogP) is 4.00. The van der Waals surface area contributed by atoms with Gasteiger partial charge in [-0.25, -0.2) is 4.39 Å². The zero-order chi connectivity index (χ0) is 20.4. The highest BCUT2D eigenvalue weighted by atomic mass is 19.1. The first-order valence-electron chi connectivity index (χ1n) is 9.35. The molecule has 1 aromatic rings. The molecule has 5 nitrogen and oxygen atoms in total. The van der Waals surface area contributed by atoms with Crippen molar-refractivity contribution < 1.29 is 28.9 Å². The van der Waals surface area contributed by atoms with Gasteiger partial charge in [-0.1, -0.05) is 42.8 Å². The number of carbonyl (C=O) groups is 2. The Morgan fingerprint density at radius 1 is 1.21 bits per heavy atom. The van der Waals surface area contributed by atoms with Crippen LogP contribution in [0, 0.1) is 5.92 Å². The van der Waals surface area contributed by atoms with E-state index in [1.54, 1.807) is 24.3 Å². The molecule has 0 aromatic heterocycles. The van der Waals surface area contributed by atoms with E-state index in [0.717, 1.165) is 12.8 Å². The fraction of sp³-hybridized carbons (Fsp3) is 0.364. The second-order valence-corrected chi connectivity index (χ2v) is 6.60. The maximum Gasteiger partial charge on any atom is 0.303 e. The third-order valence-electron chi connectivity index (χ3n) is 4.33. The number of carboxylic acid groups (broad SMARTS) is 1. The highest BCUT2D eigenvalue weighted by molar-refractivity contribution is 6.10. The van der Waals surface area contributed by atoms with Crippen LogP contribution in [0.15, 0.2) is 66.0 Å². The number of rotatable bonds is 11. The Morgan fingerprint density at radius 3 is 2.68 bits per heavy atom. The standard InChI is InChI=1S/C22H25FO5/c23-20-14-16(12-13-17(24)15-28-18-8-4-3-5-9-18)19(22(20)27)10-6-1-2-7-11-21(25)26/h3-5,8-10,12-14,16-17,24H,1-2,6-7,11,15H2,(H,25,26)/b13-12+,19-10-. The number of ketones is 1. The molecule has 0 fully saturated rings. The molecule has 2 unspecified atom stereocenters. The summed E-state index contributed by atoms with van der Waals surface area (Å²) in [6, 6.07) is 9.08. The number of aliphatic carboxylic acids is 1. The summed E-state index contributed by atoms with van der Waals surface area (Å²) in [5.74, 6) is -2.12. The van der Waals surface area contributed by atoms with E-state index in [1.807, 2.05) is 18.2 Å². The quantitative estimate of drug-likeness (QED) is 0.340. The highest BCUT2D eigenvalue weighted by Gasteiger charge is 2.28. The van der Waals surface area contributed by atoms with Crippen molar-refractivity contribution in [3.05, 3.63) is 66.0 Å². The van der Waals surface area contributed by atoms with Crippen molar-refractivity contribution in [2.24, 2.45) is 5.92 Å². The van der Waals surface area contributed by atoms with Crippen LogP contribution >= 0.6 is 0 Å². The molecule has 0 saturated carbocycles. The molecular formula is C22H25FO5. The van der Waals surface area contributed by atoms with Gasteiger partial charge in [0.1, 0.15) is 18.5 Å². The number of Topliss-reactive ketones (excluding diaryl/α,β-unsaturated/α-hetero) is 1. The number of benzene rings is 1. The van der Waals surface area contributed by atoms with Crippen LogP contribution < -0.4 is 4.74 Å². The van der Waals surface area contributed by atoms with Crippen molar-refractivity contribution in [3.8, 4) is 5.75 Å². The smallest absolute Gasteiger partial charge is 0.303 e. The van der Waals surface area contributed by atoms with E-state index in [4.69, 9.17) is 9.84 Å². The number of carbonyl (C=O) groups excluding carboxylic acids is 1. The van der Waals surface area contributed by atoms with Crippen LogP contribution in [-0.4, -0.2) is 34.7 Å². The average Bonchev–Trinajstić information content (AvgIpc) is 2.95. The maximum absolute atomic E-state index is 13.7. The van der Waals surface area contributed by atoms with Gasteiger partial charge in [-0.2, -0.15) is 0 Å². The minimum Gasteiger partial charge on any atom is -0.491 e. The van der Waals surface area contributed by atoms with E-state index in [9.17, 15) is 19.1 Å². The number of aliphatic hydroxyl groups excluding tert-OH is 1. The first-order valence-corrected chi connectivity index (χ1v) is 9.35. The predicted molar refractivity (Wildman–Crippen MR) is 104 cm³/mol. The van der Waals surface area contributed by atoms with E-state index in [2.05, 4.69) is 0 Å². The van der Waals surface area contributed by atoms with Crippen molar-refractivity contribution in [1.29, 1.82) is 0 Å². The van der Waals surface area contributed by atoms with Crippen LogP contribution in [0.3, 0.4) is 0 Å². The summed E-state index contributed by atoms with van der Waals surface area (Å²) in [6.07, 6.45) is 7.89. The van der Waals surface area contributed by atoms with Gasteiger partial charge in [-0.3, -0.25) is 9.59 Å². The number of allylic oxidation sites excluding steroid dienone is 5. The minimum atomic E-state index is -0.885. The van der Waals surface area contributed by atoms with Crippen molar-refractivity contribution in [2.75, 3.05) is 6.61 Å². The maximum atomic E-state index is 13.7. The molecule has 1 aliphatic carbocycles. The topological polar surface area (TPSA) is 83.8 Å². The molecule has 0 bridgehead atoms. The first-order chi connectivity index (χ1) is 13.5. The summed E-state index contributed by atoms with van der Waals surface area (Å²) < 4.78 is 19.2. The molecule has 1 aromatic carbocycles. The van der Waals surface area contributed by atoms with Crippen molar-refractivity contribution >= 4 is 11.8 Å². The van der Waals surface area contributed by atoms with Gasteiger partial charge in [0.15, 0.2) is 5.83 Å². The van der Waals surface area contributed by atoms with Crippen molar-refractivity contribution in [2.45, 2.75) is 38.2 Å². The Bertz CT molecular complexity index is 751. The summed E-state index contributed by atoms with van der Waals surface area (Å²) in [7, 11) is 0. The Morgan fingerprint density at radius 2 is 1.96 bits per heavy atom. The molecular weight excluding hydrogens is 363 g/mol. The molecule has 2 rings (SSSR count). The number of hydrogen-bond donors (Lipinski definition) is 2. The van der Waals surface area contributed by atoms with Crippen LogP contribution in [-0.2, 0) is 9.59 Å². The highest BCUT2D eigenvalue weighted by Crippen LogP contribution is 2.29. The fourth-order valence-electron chi connectivity index (χ4n) is 2.86. The lowest BCUT2D eigenvalue weighted by atomic mass is 9.98. The SMILES string of the molecule is O=C(O)CCCCC/C=C1\C(=O)C(F)=CC1/C=C/C(O)COc1ccccc1. The van der Waals surface area contributed by atoms with Gasteiger partial charge in [0.05, 0.1) is 0 Å². The van der Waals surface area contributed by atoms with Crippen LogP contribution in [0.4, 0.5) is 4.39 Å². The van der Waals surface area contributed by atoms with Crippen LogP contribution in [0.25, 0.3) is 0 Å². The Balaban J connectivity index is 1.84. The second-order valence-electron chi connectivity index (χ2n) is 6.60. The molecule has 0 spiro atoms. The van der Waals surface area contributed by atoms with E-state index >= 15 is 0 Å². The number of carboxylic acids is 1. The molecule has 0 radical (unpaired) electrons. The van der Waals surface area contributed by atoms with E-state index in [0.29, 0.717) is 24.2 Å². The first kappa shape index (κ1) is 21.6. The average molecular weight is 388 g/mol. The minimum absolute atomic E-state index is 0.0516. The lowest BCUT2D eigenvalue weighted by Gasteiger charge is -2.10. The number of unbranched alkanes of at least 4 members (excludes halogenated alkanes) is 3. The Hall–Kier alpha value is -2.73. The molecule has 150 valence electrons. The van der Waals surface area contributed by atoms with Gasteiger partial charge < -0.3 is 14.9 Å². The number of hydrogen-bond acceptors (Lipinski definition) is 4. The molecule has 0 saturated heterocycles. The van der Waals surface area contributed by atoms with E-state index in [1.165, 1.54) is 12.2 Å². The van der Waals surface area contributed by atoms with Crippen LogP contribution in [0.1, 0.15) is 32.1 Å². The second kappa shape index (κ2) is 11.2. The molecule has 0 heterocycles. The van der Waals surface area contributed by atoms with Gasteiger partial charge in [-0.15, -0.1) is 0 Å². The number of aliphatic hydroxyl groups is 1. The van der Waals surface area contributed by atoms with Gasteiger partial charge >= 0.3 is 5.97 Å². The van der Waals surface area contributed by atoms with Crippen LogP contribution in [0.2, 0.25) is 0 Å². The summed E-state index contributed by atoms with van der Waals surface area (Å²) >= 11 is 0. The zero-order valence-electron chi connectivity index (χ0n) is 15.6. The molecule has 2 atom stereocenters. The number of halogens is 1. The summed E-state index contributed by atoms with van der Waals surface area (Å²) in [5, 5.41) is 18.6. The molecule has 1 aliphatic rings. The molecule has 2 N–H and O–H groups in total. The molecule has 6 heteroatoms. The van der Waals surface area contributed by atoms with Gasteiger partial charge in [0.2, 0.25) is 5.78 Å². The molecule has 0 amide bonds. The normalized spacial score (nSPS) is 19.2. The third-order valence-corrected chi connectivity index (χ3v) is 4.33. The summed E-state index contributed by atoms with van der Waals surface area (Å²) in [5.41, 5.74) is 0.350. The van der Waals surface area contributed by atoms with Crippen molar-refractivity contribution in [3.63, 3.8) is 0 Å². The Kier molecular flexibility index (Phi) is 8.62. The lowest BCUT2D eigenvalue weighted by molar-refractivity contribution is -0.137. The van der Waals surface area contributed by atoms with Gasteiger partial charge in [0, 0.05) is 17.9 Å². The third kappa shape index (κ3) is 7.12. The monoisotopic (exact) mass is 388 g/mol. The summed E-state index contributed by atoms with van der Waals surface area (Å²) in [6.45, 7) is 0.0516. The van der Waals surface area contributed by atoms with E-state index < -0.39 is 29.6 Å². The largest absolute Gasteiger partial charge is 0.491 e. The van der Waals surface area contributed by atoms with Gasteiger partial charge in [-0.05, 0) is 37.5 Å². The summed E-state index contributed by atoms with van der Waals surface area (Å²) in [4.78, 5) is 22.4. The number of ether oxygens (including phenoxy) is 1. The zero-order valence-corrected chi connectivity index (χ0v) is 15.6. The van der Waals surface area contributed by atoms with E-state index in [-0.39, 0.29) is 13.0 Å². The fourth-order valence-corrected chi connectivity index (χ4v) is 2.86. The van der Waals surface area contributed by atoms with Crippen LogP contribution in [0.5, 0.6) is 5.75 Å². The van der Waals surface area contributed by atoms with Crippen molar-refractivity contribution in [1.82, 2.24) is 0 Å². The molecule has 0 aliphatic heterocycles.